The molecule has 0 N–H and O–H groups in total. The zero-order valence-electron chi connectivity index (χ0n) is 13.2. The molecule has 2 rings (SSSR count). The van der Waals surface area contributed by atoms with Crippen molar-refractivity contribution < 1.29 is 4.74 Å². The van der Waals surface area contributed by atoms with Crippen LogP contribution in [0.4, 0.5) is 0 Å². The van der Waals surface area contributed by atoms with Gasteiger partial charge in [-0.15, -0.1) is 11.6 Å². The third kappa shape index (κ3) is 3.56. The molecule has 1 fully saturated rings. The van der Waals surface area contributed by atoms with Gasteiger partial charge < -0.3 is 4.74 Å². The van der Waals surface area contributed by atoms with E-state index >= 15 is 0 Å². The molecule has 0 radical (unpaired) electrons. The van der Waals surface area contributed by atoms with Gasteiger partial charge in [0.15, 0.2) is 0 Å². The summed E-state index contributed by atoms with van der Waals surface area (Å²) in [5.41, 5.74) is 4.12. The van der Waals surface area contributed by atoms with Crippen LogP contribution in [0.25, 0.3) is 0 Å². The van der Waals surface area contributed by atoms with E-state index in [1.54, 1.807) is 0 Å². The van der Waals surface area contributed by atoms with Crippen molar-refractivity contribution in [1.29, 1.82) is 0 Å². The second-order valence-corrected chi connectivity index (χ2v) is 7.05. The van der Waals surface area contributed by atoms with E-state index in [0.717, 1.165) is 19.6 Å². The van der Waals surface area contributed by atoms with Crippen LogP contribution in [0, 0.1) is 5.92 Å². The second kappa shape index (κ2) is 6.95. The molecule has 2 heteroatoms. The molecule has 1 aromatic rings. The van der Waals surface area contributed by atoms with Gasteiger partial charge in [0.2, 0.25) is 0 Å². The standard InChI is InChI=1S/C18H27ClO/c1-12(2)14-7-8-16(17(10-14)13(3)4)18(19)15-6-5-9-20-11-15/h7-8,10,12-13,15,18H,5-6,9,11H2,1-4H3. The molecule has 0 aromatic heterocycles. The van der Waals surface area contributed by atoms with Crippen molar-refractivity contribution in [2.45, 2.75) is 57.7 Å². The summed E-state index contributed by atoms with van der Waals surface area (Å²) in [6.07, 6.45) is 2.31. The number of benzene rings is 1. The number of ether oxygens (including phenoxy) is 1. The molecule has 1 saturated heterocycles. The summed E-state index contributed by atoms with van der Waals surface area (Å²) < 4.78 is 5.60. The van der Waals surface area contributed by atoms with Gasteiger partial charge in [0.1, 0.15) is 0 Å². The largest absolute Gasteiger partial charge is 0.381 e. The van der Waals surface area contributed by atoms with Gasteiger partial charge in [0, 0.05) is 12.5 Å². The molecule has 2 unspecified atom stereocenters. The maximum Gasteiger partial charge on any atom is 0.0638 e. The van der Waals surface area contributed by atoms with Crippen molar-refractivity contribution in [2.24, 2.45) is 5.92 Å². The van der Waals surface area contributed by atoms with Gasteiger partial charge >= 0.3 is 0 Å². The highest BCUT2D eigenvalue weighted by Gasteiger charge is 2.26. The van der Waals surface area contributed by atoms with Crippen LogP contribution < -0.4 is 0 Å². The van der Waals surface area contributed by atoms with Crippen LogP contribution >= 0.6 is 11.6 Å². The lowest BCUT2D eigenvalue weighted by Gasteiger charge is -2.29. The van der Waals surface area contributed by atoms with Crippen LogP contribution in [-0.4, -0.2) is 13.2 Å². The summed E-state index contributed by atoms with van der Waals surface area (Å²) in [5, 5.41) is 0.0777. The van der Waals surface area contributed by atoms with Crippen LogP contribution in [0.5, 0.6) is 0 Å². The monoisotopic (exact) mass is 294 g/mol. The van der Waals surface area contributed by atoms with Crippen molar-refractivity contribution in [3.8, 4) is 0 Å². The first kappa shape index (κ1) is 15.9. The zero-order chi connectivity index (χ0) is 14.7. The van der Waals surface area contributed by atoms with E-state index in [1.165, 1.54) is 23.1 Å². The molecule has 1 heterocycles. The van der Waals surface area contributed by atoms with Gasteiger partial charge in [-0.25, -0.2) is 0 Å². The third-order valence-corrected chi connectivity index (χ3v) is 4.90. The fourth-order valence-corrected chi connectivity index (χ4v) is 3.35. The highest BCUT2D eigenvalue weighted by molar-refractivity contribution is 6.21. The third-order valence-electron chi connectivity index (χ3n) is 4.31. The minimum Gasteiger partial charge on any atom is -0.381 e. The minimum absolute atomic E-state index is 0.0777. The summed E-state index contributed by atoms with van der Waals surface area (Å²) in [4.78, 5) is 0. The number of halogens is 1. The van der Waals surface area contributed by atoms with Gasteiger partial charge in [-0.3, -0.25) is 0 Å². The smallest absolute Gasteiger partial charge is 0.0638 e. The van der Waals surface area contributed by atoms with Gasteiger partial charge in [0.05, 0.1) is 12.0 Å². The number of hydrogen-bond donors (Lipinski definition) is 0. The Morgan fingerprint density at radius 2 is 1.85 bits per heavy atom. The predicted molar refractivity (Wildman–Crippen MR) is 86.8 cm³/mol. The van der Waals surface area contributed by atoms with Crippen LogP contribution in [-0.2, 0) is 4.74 Å². The van der Waals surface area contributed by atoms with Crippen LogP contribution in [0.15, 0.2) is 18.2 Å². The van der Waals surface area contributed by atoms with Crippen LogP contribution in [0.2, 0.25) is 0 Å². The normalized spacial score (nSPS) is 21.4. The maximum atomic E-state index is 6.79. The molecule has 20 heavy (non-hydrogen) atoms. The molecule has 1 nitrogen and oxygen atoms in total. The highest BCUT2D eigenvalue weighted by Crippen LogP contribution is 2.38. The molecular weight excluding hydrogens is 268 g/mol. The van der Waals surface area contributed by atoms with Crippen molar-refractivity contribution in [3.05, 3.63) is 34.9 Å². The van der Waals surface area contributed by atoms with E-state index in [-0.39, 0.29) is 5.38 Å². The first-order valence-electron chi connectivity index (χ1n) is 7.86. The topological polar surface area (TPSA) is 9.23 Å². The molecule has 112 valence electrons. The first-order valence-corrected chi connectivity index (χ1v) is 8.30. The molecule has 1 aliphatic rings. The summed E-state index contributed by atoms with van der Waals surface area (Å²) in [6, 6.07) is 6.84. The van der Waals surface area contributed by atoms with Crippen molar-refractivity contribution in [1.82, 2.24) is 0 Å². The molecule has 0 amide bonds. The molecule has 0 aliphatic carbocycles. The Labute approximate surface area is 128 Å². The van der Waals surface area contributed by atoms with E-state index in [4.69, 9.17) is 16.3 Å². The molecular formula is C18H27ClO. The Balaban J connectivity index is 2.29. The average Bonchev–Trinajstić information content (AvgIpc) is 2.46. The fraction of sp³-hybridized carbons (Fsp3) is 0.667. The first-order chi connectivity index (χ1) is 9.50. The average molecular weight is 295 g/mol. The van der Waals surface area contributed by atoms with Gasteiger partial charge in [-0.2, -0.15) is 0 Å². The van der Waals surface area contributed by atoms with E-state index < -0.39 is 0 Å². The zero-order valence-corrected chi connectivity index (χ0v) is 13.9. The van der Waals surface area contributed by atoms with Crippen molar-refractivity contribution in [3.63, 3.8) is 0 Å². The van der Waals surface area contributed by atoms with Crippen molar-refractivity contribution >= 4 is 11.6 Å². The lowest BCUT2D eigenvalue weighted by molar-refractivity contribution is 0.0530. The van der Waals surface area contributed by atoms with Gasteiger partial charge in [0.25, 0.3) is 0 Å². The highest BCUT2D eigenvalue weighted by atomic mass is 35.5. The Kier molecular flexibility index (Phi) is 5.51. The second-order valence-electron chi connectivity index (χ2n) is 6.58. The van der Waals surface area contributed by atoms with Gasteiger partial charge in [-0.1, -0.05) is 45.9 Å². The Morgan fingerprint density at radius 1 is 1.10 bits per heavy atom. The molecule has 0 saturated carbocycles. The molecule has 1 aromatic carbocycles. The molecule has 0 spiro atoms. The van der Waals surface area contributed by atoms with Crippen LogP contribution in [0.1, 0.15) is 74.4 Å². The predicted octanol–water partition coefficient (Wildman–Crippen LogP) is 5.64. The van der Waals surface area contributed by atoms with Gasteiger partial charge in [-0.05, 0) is 41.4 Å². The molecule has 0 bridgehead atoms. The summed E-state index contributed by atoms with van der Waals surface area (Å²) in [7, 11) is 0. The van der Waals surface area contributed by atoms with E-state index in [1.807, 2.05) is 0 Å². The summed E-state index contributed by atoms with van der Waals surface area (Å²) >= 11 is 6.79. The lowest BCUT2D eigenvalue weighted by Crippen LogP contribution is -2.22. The summed E-state index contributed by atoms with van der Waals surface area (Å²) in [6.45, 7) is 10.7. The fourth-order valence-electron chi connectivity index (χ4n) is 2.95. The number of hydrogen-bond acceptors (Lipinski definition) is 1. The maximum absolute atomic E-state index is 6.79. The van der Waals surface area contributed by atoms with E-state index in [2.05, 4.69) is 45.9 Å². The number of rotatable bonds is 4. The Hall–Kier alpha value is -0.530. The van der Waals surface area contributed by atoms with Crippen LogP contribution in [0.3, 0.4) is 0 Å². The number of alkyl halides is 1. The van der Waals surface area contributed by atoms with E-state index in [0.29, 0.717) is 17.8 Å². The lowest BCUT2D eigenvalue weighted by atomic mass is 9.85. The molecule has 1 aliphatic heterocycles. The minimum atomic E-state index is 0.0777. The Bertz CT molecular complexity index is 433. The van der Waals surface area contributed by atoms with E-state index in [9.17, 15) is 0 Å². The quantitative estimate of drug-likeness (QED) is 0.653. The SMILES string of the molecule is CC(C)c1ccc(C(Cl)C2CCCOC2)c(C(C)C)c1. The van der Waals surface area contributed by atoms with Crippen molar-refractivity contribution in [2.75, 3.05) is 13.2 Å². The molecule has 2 atom stereocenters. The Morgan fingerprint density at radius 3 is 2.40 bits per heavy atom. The summed E-state index contributed by atoms with van der Waals surface area (Å²) in [5.74, 6) is 1.52.